The van der Waals surface area contributed by atoms with Gasteiger partial charge in [-0.3, -0.25) is 0 Å². The average molecular weight is 468 g/mol. The minimum Gasteiger partial charge on any atom is -0.493 e. The topological polar surface area (TPSA) is 72.6 Å². The Bertz CT molecular complexity index is 1610. The third-order valence-corrected chi connectivity index (χ3v) is 6.40. The van der Waals surface area contributed by atoms with Crippen LogP contribution < -0.4 is 4.74 Å². The van der Waals surface area contributed by atoms with E-state index in [1.807, 2.05) is 66.7 Å². The monoisotopic (exact) mass is 467 g/mol. The van der Waals surface area contributed by atoms with Crippen molar-refractivity contribution >= 4 is 27.4 Å². The zero-order valence-corrected chi connectivity index (χ0v) is 20.1. The summed E-state index contributed by atoms with van der Waals surface area (Å²) in [6, 6.07) is 34.3. The summed E-state index contributed by atoms with van der Waals surface area (Å²) >= 11 is 0. The number of hydrogen-bond acceptors (Lipinski definition) is 3. The van der Waals surface area contributed by atoms with Gasteiger partial charge >= 0.3 is 0 Å². The number of fused-ring (bicyclic) bond motifs is 6. The molecule has 0 unspecified atom stereocenters. The summed E-state index contributed by atoms with van der Waals surface area (Å²) < 4.78 is 5.91. The van der Waals surface area contributed by atoms with Crippen LogP contribution in [0.25, 0.3) is 38.5 Å². The standard InChI is InChI=1S/C16H8N2.C16H17NO/c17-9-11(10-18)16-14-7-3-1-5-12(14)13-6-2-4-8-15(13)16;1-2-3-11-18-15-10-6-9-14-16(15)12-7-4-5-8-13(12)17-14/h1-8H;4-10,17H,2-3,11H2,1H3. The maximum Gasteiger partial charge on any atom is 0.138 e. The minimum absolute atomic E-state index is 0.174. The quantitative estimate of drug-likeness (QED) is 0.211. The lowest BCUT2D eigenvalue weighted by Crippen LogP contribution is -1.96. The van der Waals surface area contributed by atoms with Crippen LogP contribution >= 0.6 is 0 Å². The van der Waals surface area contributed by atoms with Crippen molar-refractivity contribution in [2.75, 3.05) is 6.61 Å². The highest BCUT2D eigenvalue weighted by Gasteiger charge is 2.25. The molecule has 1 aliphatic rings. The summed E-state index contributed by atoms with van der Waals surface area (Å²) in [5.74, 6) is 0.985. The number of benzene rings is 4. The van der Waals surface area contributed by atoms with Crippen molar-refractivity contribution in [2.24, 2.45) is 0 Å². The molecule has 1 aromatic heterocycles. The minimum atomic E-state index is 0.174. The molecule has 4 heteroatoms. The summed E-state index contributed by atoms with van der Waals surface area (Å²) in [5, 5.41) is 20.6. The molecular formula is C32H25N3O. The second-order valence-electron chi connectivity index (χ2n) is 8.62. The van der Waals surface area contributed by atoms with Gasteiger partial charge < -0.3 is 9.72 Å². The molecule has 0 spiro atoms. The maximum absolute atomic E-state index is 9.11. The van der Waals surface area contributed by atoms with Gasteiger partial charge in [0.25, 0.3) is 0 Å². The van der Waals surface area contributed by atoms with Gasteiger partial charge in [-0.2, -0.15) is 10.5 Å². The molecule has 5 aromatic rings. The Morgan fingerprint density at radius 1 is 0.722 bits per heavy atom. The fourth-order valence-corrected chi connectivity index (χ4v) is 4.74. The number of aromatic nitrogens is 1. The van der Waals surface area contributed by atoms with E-state index < -0.39 is 0 Å². The van der Waals surface area contributed by atoms with Gasteiger partial charge in [-0.25, -0.2) is 0 Å². The molecule has 0 saturated carbocycles. The van der Waals surface area contributed by atoms with Crippen LogP contribution in [0.3, 0.4) is 0 Å². The molecular weight excluding hydrogens is 442 g/mol. The fraction of sp³-hybridized carbons (Fsp3) is 0.125. The zero-order chi connectivity index (χ0) is 24.9. The molecule has 6 rings (SSSR count). The van der Waals surface area contributed by atoms with Crippen molar-refractivity contribution in [1.82, 2.24) is 4.98 Å². The molecule has 4 aromatic carbocycles. The van der Waals surface area contributed by atoms with Crippen LogP contribution in [0.1, 0.15) is 30.9 Å². The van der Waals surface area contributed by atoms with Crippen molar-refractivity contribution in [3.8, 4) is 29.0 Å². The Labute approximate surface area is 210 Å². The lowest BCUT2D eigenvalue weighted by Gasteiger charge is -2.06. The molecule has 0 atom stereocenters. The van der Waals surface area contributed by atoms with Gasteiger partial charge in [-0.1, -0.05) is 86.1 Å². The number of hydrogen-bond donors (Lipinski definition) is 1. The molecule has 1 N–H and O–H groups in total. The van der Waals surface area contributed by atoms with E-state index >= 15 is 0 Å². The summed E-state index contributed by atoms with van der Waals surface area (Å²) in [4.78, 5) is 3.43. The van der Waals surface area contributed by atoms with E-state index in [9.17, 15) is 0 Å². The van der Waals surface area contributed by atoms with E-state index in [-0.39, 0.29) is 5.57 Å². The van der Waals surface area contributed by atoms with Gasteiger partial charge in [0.15, 0.2) is 0 Å². The molecule has 0 saturated heterocycles. The van der Waals surface area contributed by atoms with Crippen LogP contribution in [-0.2, 0) is 0 Å². The van der Waals surface area contributed by atoms with Gasteiger partial charge in [0.05, 0.1) is 12.1 Å². The maximum atomic E-state index is 9.11. The number of rotatable bonds is 4. The Hall–Kier alpha value is -4.80. The van der Waals surface area contributed by atoms with E-state index in [0.29, 0.717) is 0 Å². The van der Waals surface area contributed by atoms with Crippen LogP contribution in [-0.4, -0.2) is 11.6 Å². The van der Waals surface area contributed by atoms with Gasteiger partial charge in [-0.05, 0) is 46.9 Å². The third kappa shape index (κ3) is 4.11. The molecule has 0 amide bonds. The van der Waals surface area contributed by atoms with Crippen molar-refractivity contribution in [2.45, 2.75) is 19.8 Å². The predicted octanol–water partition coefficient (Wildman–Crippen LogP) is 8.02. The number of nitrogens with zero attached hydrogens (tertiary/aromatic N) is 2. The normalized spacial score (nSPS) is 11.1. The van der Waals surface area contributed by atoms with E-state index in [2.05, 4.69) is 48.3 Å². The Kier molecular flexibility index (Phi) is 6.52. The highest BCUT2D eigenvalue weighted by atomic mass is 16.5. The summed E-state index contributed by atoms with van der Waals surface area (Å²) in [5.41, 5.74) is 7.36. The molecule has 0 bridgehead atoms. The molecule has 1 heterocycles. The van der Waals surface area contributed by atoms with Crippen molar-refractivity contribution in [1.29, 1.82) is 10.5 Å². The van der Waals surface area contributed by atoms with E-state index in [4.69, 9.17) is 15.3 Å². The van der Waals surface area contributed by atoms with Gasteiger partial charge in [-0.15, -0.1) is 0 Å². The Morgan fingerprint density at radius 2 is 1.31 bits per heavy atom. The number of H-pyrrole nitrogens is 1. The zero-order valence-electron chi connectivity index (χ0n) is 20.1. The largest absolute Gasteiger partial charge is 0.493 e. The first-order valence-electron chi connectivity index (χ1n) is 12.1. The van der Waals surface area contributed by atoms with Crippen molar-refractivity contribution in [3.05, 3.63) is 108 Å². The number of ether oxygens (including phenoxy) is 1. The van der Waals surface area contributed by atoms with Crippen LogP contribution in [0.4, 0.5) is 0 Å². The fourth-order valence-electron chi connectivity index (χ4n) is 4.74. The van der Waals surface area contributed by atoms with Crippen LogP contribution in [0.5, 0.6) is 5.75 Å². The number of nitriles is 2. The highest BCUT2D eigenvalue weighted by molar-refractivity contribution is 6.10. The predicted molar refractivity (Wildman–Crippen MR) is 145 cm³/mol. The lowest BCUT2D eigenvalue weighted by molar-refractivity contribution is 0.313. The highest BCUT2D eigenvalue weighted by Crippen LogP contribution is 2.45. The lowest BCUT2D eigenvalue weighted by atomic mass is 9.99. The SMILES string of the molecule is CCCCOc1cccc2[nH]c3ccccc3c12.N#CC(C#N)=C1c2ccccc2-c2ccccc21. The van der Waals surface area contributed by atoms with Gasteiger partial charge in [0, 0.05) is 21.9 Å². The van der Waals surface area contributed by atoms with Crippen molar-refractivity contribution in [3.63, 3.8) is 0 Å². The molecule has 1 aliphatic carbocycles. The third-order valence-electron chi connectivity index (χ3n) is 6.40. The summed E-state index contributed by atoms with van der Waals surface area (Å²) in [6.07, 6.45) is 2.25. The van der Waals surface area contributed by atoms with Crippen LogP contribution in [0.15, 0.2) is 96.6 Å². The van der Waals surface area contributed by atoms with Crippen LogP contribution in [0.2, 0.25) is 0 Å². The first-order chi connectivity index (χ1) is 17.8. The molecule has 4 nitrogen and oxygen atoms in total. The smallest absolute Gasteiger partial charge is 0.138 e. The molecule has 36 heavy (non-hydrogen) atoms. The first-order valence-corrected chi connectivity index (χ1v) is 12.1. The number of unbranched alkanes of at least 4 members (excludes halogenated alkanes) is 1. The second-order valence-corrected chi connectivity index (χ2v) is 8.62. The number of allylic oxidation sites excluding steroid dienone is 1. The van der Waals surface area contributed by atoms with E-state index in [1.54, 1.807) is 0 Å². The second kappa shape index (κ2) is 10.2. The first kappa shape index (κ1) is 23.0. The molecule has 0 radical (unpaired) electrons. The van der Waals surface area contributed by atoms with Gasteiger partial charge in [0.2, 0.25) is 0 Å². The average Bonchev–Trinajstić information content (AvgIpc) is 3.47. The number of para-hydroxylation sites is 1. The van der Waals surface area contributed by atoms with Gasteiger partial charge in [0.1, 0.15) is 23.5 Å². The van der Waals surface area contributed by atoms with E-state index in [0.717, 1.165) is 58.5 Å². The molecule has 174 valence electrons. The summed E-state index contributed by atoms with van der Waals surface area (Å²) in [6.45, 7) is 2.96. The molecule has 0 fully saturated rings. The summed E-state index contributed by atoms with van der Waals surface area (Å²) in [7, 11) is 0. The number of nitrogens with one attached hydrogen (secondary N) is 1. The van der Waals surface area contributed by atoms with E-state index in [1.165, 1.54) is 16.3 Å². The van der Waals surface area contributed by atoms with Crippen LogP contribution in [0, 0.1) is 22.7 Å². The van der Waals surface area contributed by atoms with Crippen molar-refractivity contribution < 1.29 is 4.74 Å². The Morgan fingerprint density at radius 3 is 1.94 bits per heavy atom. The molecule has 0 aliphatic heterocycles. The Balaban J connectivity index is 0.000000148. The number of aromatic amines is 1.